The van der Waals surface area contributed by atoms with E-state index in [4.69, 9.17) is 17.2 Å². The van der Waals surface area contributed by atoms with Crippen LogP contribution in [0.3, 0.4) is 0 Å². The van der Waals surface area contributed by atoms with Gasteiger partial charge in [-0.15, -0.1) is 0 Å². The molecule has 2 aliphatic rings. The summed E-state index contributed by atoms with van der Waals surface area (Å²) in [4.78, 5) is 35.7. The van der Waals surface area contributed by atoms with E-state index < -0.39 is 0 Å². The number of rotatable bonds is 4. The fraction of sp³-hybridized carbons (Fsp3) is 0.478. The number of carbonyl (C=O) groups is 1. The zero-order valence-electron chi connectivity index (χ0n) is 18.4. The number of piperidine rings is 1. The molecule has 0 spiro atoms. The van der Waals surface area contributed by atoms with Crippen molar-refractivity contribution >= 4 is 51.7 Å². The third-order valence-corrected chi connectivity index (χ3v) is 7.14. The summed E-state index contributed by atoms with van der Waals surface area (Å²) in [5.41, 5.74) is 1.90. The largest absolute Gasteiger partial charge is 0.356 e. The molecule has 164 valence electrons. The summed E-state index contributed by atoms with van der Waals surface area (Å²) in [6.07, 6.45) is 5.63. The lowest BCUT2D eigenvalue weighted by atomic mass is 9.99. The van der Waals surface area contributed by atoms with Crippen molar-refractivity contribution < 1.29 is 4.79 Å². The molecule has 0 N–H and O–H groups in total. The fourth-order valence-corrected chi connectivity index (χ4v) is 5.25. The molecule has 0 atom stereocenters. The number of hydrogen-bond donors (Lipinski definition) is 0. The highest BCUT2D eigenvalue weighted by Gasteiger charge is 2.33. The molecular weight excluding hydrogens is 428 g/mol. The second-order valence-electron chi connectivity index (χ2n) is 8.94. The Morgan fingerprint density at radius 2 is 1.97 bits per heavy atom. The minimum atomic E-state index is -0.156. The number of amides is 1. The minimum Gasteiger partial charge on any atom is -0.356 e. The van der Waals surface area contributed by atoms with Crippen molar-refractivity contribution in [3.63, 3.8) is 0 Å². The Hall–Kier alpha value is -2.19. The van der Waals surface area contributed by atoms with Gasteiger partial charge in [0, 0.05) is 25.8 Å². The third-order valence-electron chi connectivity index (χ3n) is 5.77. The first kappa shape index (κ1) is 22.0. The molecule has 2 aromatic heterocycles. The van der Waals surface area contributed by atoms with Crippen LogP contribution in [0.2, 0.25) is 0 Å². The number of anilines is 1. The monoisotopic (exact) mass is 456 g/mol. The number of thioether (sulfide) groups is 1. The van der Waals surface area contributed by atoms with Crippen LogP contribution >= 0.6 is 24.0 Å². The Morgan fingerprint density at radius 1 is 1.26 bits per heavy atom. The first-order valence-corrected chi connectivity index (χ1v) is 12.0. The molecule has 0 unspecified atom stereocenters. The lowest BCUT2D eigenvalue weighted by molar-refractivity contribution is -0.122. The van der Waals surface area contributed by atoms with Gasteiger partial charge in [-0.25, -0.2) is 4.98 Å². The van der Waals surface area contributed by atoms with Crippen molar-refractivity contribution in [3.05, 3.63) is 44.7 Å². The van der Waals surface area contributed by atoms with E-state index in [0.29, 0.717) is 44.6 Å². The molecule has 6 nitrogen and oxygen atoms in total. The summed E-state index contributed by atoms with van der Waals surface area (Å²) in [6.45, 7) is 10.6. The Bertz CT molecular complexity index is 1130. The molecule has 8 heteroatoms. The first-order chi connectivity index (χ1) is 14.7. The maximum absolute atomic E-state index is 13.5. The lowest BCUT2D eigenvalue weighted by Gasteiger charge is -2.32. The molecule has 2 aromatic rings. The average Bonchev–Trinajstić information content (AvgIpc) is 2.98. The fourth-order valence-electron chi connectivity index (χ4n) is 3.99. The summed E-state index contributed by atoms with van der Waals surface area (Å²) in [5.74, 6) is 1.51. The standard InChI is InChI=1S/C23H28N4O2S2/c1-14(2)12-27-22(29)18(31-23(27)30)11-17-20(25-9-7-15(3)8-10-25)24-19-6-5-16(4)13-26(19)21(17)28/h5-6,11,13-15H,7-10,12H2,1-4H3/b18-11+. The summed E-state index contributed by atoms with van der Waals surface area (Å²) in [5, 5.41) is 0. The molecule has 4 heterocycles. The number of thiocarbonyl (C=S) groups is 1. The van der Waals surface area contributed by atoms with Gasteiger partial charge >= 0.3 is 0 Å². The van der Waals surface area contributed by atoms with Gasteiger partial charge in [0.2, 0.25) is 0 Å². The molecule has 0 aromatic carbocycles. The zero-order valence-corrected chi connectivity index (χ0v) is 20.1. The minimum absolute atomic E-state index is 0.129. The molecule has 1 amide bonds. The zero-order chi connectivity index (χ0) is 22.3. The maximum atomic E-state index is 13.5. The van der Waals surface area contributed by atoms with E-state index in [1.807, 2.05) is 19.1 Å². The van der Waals surface area contributed by atoms with Crippen molar-refractivity contribution in [2.75, 3.05) is 24.5 Å². The Morgan fingerprint density at radius 3 is 2.65 bits per heavy atom. The quantitative estimate of drug-likeness (QED) is 0.510. The van der Waals surface area contributed by atoms with E-state index in [1.165, 1.54) is 11.8 Å². The van der Waals surface area contributed by atoms with E-state index in [1.54, 1.807) is 21.6 Å². The van der Waals surface area contributed by atoms with Gasteiger partial charge in [0.05, 0.1) is 10.5 Å². The smallest absolute Gasteiger partial charge is 0.267 e. The number of fused-ring (bicyclic) bond motifs is 1. The van der Waals surface area contributed by atoms with E-state index in [0.717, 1.165) is 31.5 Å². The van der Waals surface area contributed by atoms with Gasteiger partial charge in [0.25, 0.3) is 11.5 Å². The number of hydrogen-bond acceptors (Lipinski definition) is 6. The highest BCUT2D eigenvalue weighted by molar-refractivity contribution is 8.26. The molecular formula is C23H28N4O2S2. The van der Waals surface area contributed by atoms with Crippen LogP contribution in [0, 0.1) is 18.8 Å². The molecule has 0 saturated carbocycles. The van der Waals surface area contributed by atoms with Gasteiger partial charge < -0.3 is 4.90 Å². The third kappa shape index (κ3) is 4.41. The van der Waals surface area contributed by atoms with Crippen LogP contribution in [0.1, 0.15) is 44.7 Å². The molecule has 2 saturated heterocycles. The number of carbonyl (C=O) groups excluding carboxylic acids is 1. The van der Waals surface area contributed by atoms with Crippen LogP contribution in [-0.2, 0) is 4.79 Å². The van der Waals surface area contributed by atoms with Crippen LogP contribution in [0.25, 0.3) is 11.7 Å². The maximum Gasteiger partial charge on any atom is 0.267 e. The van der Waals surface area contributed by atoms with Crippen molar-refractivity contribution in [2.24, 2.45) is 11.8 Å². The van der Waals surface area contributed by atoms with Crippen molar-refractivity contribution in [1.29, 1.82) is 0 Å². The van der Waals surface area contributed by atoms with E-state index in [9.17, 15) is 9.59 Å². The van der Waals surface area contributed by atoms with Crippen LogP contribution in [0.15, 0.2) is 28.0 Å². The molecule has 2 fully saturated rings. The van der Waals surface area contributed by atoms with Gasteiger partial charge in [-0.3, -0.25) is 18.9 Å². The molecule has 4 rings (SSSR count). The first-order valence-electron chi connectivity index (χ1n) is 10.8. The number of aromatic nitrogens is 2. The molecule has 2 aliphatic heterocycles. The summed E-state index contributed by atoms with van der Waals surface area (Å²) in [7, 11) is 0. The number of pyridine rings is 1. The second-order valence-corrected chi connectivity index (χ2v) is 10.6. The Kier molecular flexibility index (Phi) is 6.21. The van der Waals surface area contributed by atoms with Crippen LogP contribution in [-0.4, -0.2) is 44.1 Å². The van der Waals surface area contributed by atoms with Gasteiger partial charge in [0.1, 0.15) is 15.8 Å². The Balaban J connectivity index is 1.84. The van der Waals surface area contributed by atoms with Gasteiger partial charge in [0.15, 0.2) is 0 Å². The lowest BCUT2D eigenvalue weighted by Crippen LogP contribution is -2.36. The molecule has 31 heavy (non-hydrogen) atoms. The predicted molar refractivity (Wildman–Crippen MR) is 132 cm³/mol. The average molecular weight is 457 g/mol. The molecule has 0 bridgehead atoms. The van der Waals surface area contributed by atoms with Gasteiger partial charge in [-0.05, 0) is 49.3 Å². The van der Waals surface area contributed by atoms with E-state index in [-0.39, 0.29) is 11.5 Å². The summed E-state index contributed by atoms with van der Waals surface area (Å²) in [6, 6.07) is 3.83. The highest BCUT2D eigenvalue weighted by Crippen LogP contribution is 2.34. The molecule has 0 aliphatic carbocycles. The molecule has 0 radical (unpaired) electrons. The number of nitrogens with zero attached hydrogens (tertiary/aromatic N) is 4. The van der Waals surface area contributed by atoms with Crippen LogP contribution < -0.4 is 10.5 Å². The van der Waals surface area contributed by atoms with Crippen molar-refractivity contribution in [1.82, 2.24) is 14.3 Å². The van der Waals surface area contributed by atoms with Crippen LogP contribution in [0.4, 0.5) is 5.82 Å². The number of aryl methyl sites for hydroxylation is 1. The second kappa shape index (κ2) is 8.74. The van der Waals surface area contributed by atoms with E-state index >= 15 is 0 Å². The van der Waals surface area contributed by atoms with Crippen molar-refractivity contribution in [3.8, 4) is 0 Å². The Labute approximate surface area is 192 Å². The topological polar surface area (TPSA) is 57.9 Å². The van der Waals surface area contributed by atoms with Crippen LogP contribution in [0.5, 0.6) is 0 Å². The highest BCUT2D eigenvalue weighted by atomic mass is 32.2. The summed E-state index contributed by atoms with van der Waals surface area (Å²) >= 11 is 6.71. The SMILES string of the molecule is Cc1ccc2nc(N3CCC(C)CC3)c(/C=C3/SC(=S)N(CC(C)C)C3=O)c(=O)n2c1. The van der Waals surface area contributed by atoms with Gasteiger partial charge in [-0.1, -0.05) is 50.8 Å². The van der Waals surface area contributed by atoms with E-state index in [2.05, 4.69) is 25.7 Å². The van der Waals surface area contributed by atoms with Gasteiger partial charge in [-0.2, -0.15) is 0 Å². The predicted octanol–water partition coefficient (Wildman–Crippen LogP) is 4.10. The van der Waals surface area contributed by atoms with Crippen molar-refractivity contribution in [2.45, 2.75) is 40.5 Å². The summed E-state index contributed by atoms with van der Waals surface area (Å²) < 4.78 is 2.12. The normalized spacial score (nSPS) is 19.5.